The van der Waals surface area contributed by atoms with Crippen molar-refractivity contribution in [1.29, 1.82) is 0 Å². The SMILES string of the molecule is CN=S(=O)(c1ccc(-n2ccn(-c3c4c(nn3-c3cc(C)c(F)c(C)c3)CCN(C(=O)c3cc5cc(C6CCOC(C)(C)C6)ccc5n3C3(c5noc(=O)[nH]5)CC3C)C4C)c2=O)c(F)c1C)C1CC1. The van der Waals surface area contributed by atoms with Gasteiger partial charge in [0.1, 0.15) is 22.9 Å². The summed E-state index contributed by atoms with van der Waals surface area (Å²) in [7, 11) is -1.35. The number of rotatable bonds is 9. The van der Waals surface area contributed by atoms with Crippen LogP contribution in [0.3, 0.4) is 0 Å². The van der Waals surface area contributed by atoms with E-state index < -0.39 is 38.6 Å². The first-order valence-electron chi connectivity index (χ1n) is 23.7. The van der Waals surface area contributed by atoms with Crippen LogP contribution in [0.2, 0.25) is 0 Å². The number of amides is 1. The standard InChI is InChI=1S/C51H55F2N9O6S/c1-27-21-35(22-28(2)43(27)52)62-45(60-19-18-59(49(60)65)39-13-14-41(30(4)44(39)53)69(66,54-8)36-10-11-36)42-31(5)58(17-15-37(42)56-62)46(63)40-24-34-23-32(33-16-20-67-50(6,7)26-33)9-12-38(34)61(40)51(25-29(51)3)47-55-48(64)68-57-47/h9,12-14,18-19,21-24,29,31,33,36H,10-11,15-17,20,25-26H2,1-8H3,(H,55,57,64). The van der Waals surface area contributed by atoms with Gasteiger partial charge in [-0.2, -0.15) is 5.10 Å². The molecule has 6 heterocycles. The first kappa shape index (κ1) is 45.1. The van der Waals surface area contributed by atoms with Crippen molar-refractivity contribution < 1.29 is 27.0 Å². The minimum absolute atomic E-state index is 0.0149. The second kappa shape index (κ2) is 15.8. The molecular formula is C51H55F2N9O6S. The van der Waals surface area contributed by atoms with E-state index in [0.29, 0.717) is 69.8 Å². The molecule has 2 saturated carbocycles. The highest BCUT2D eigenvalue weighted by molar-refractivity contribution is 7.94. The lowest BCUT2D eigenvalue weighted by atomic mass is 9.83. The normalized spacial score (nSPS) is 23.0. The average Bonchev–Trinajstić information content (AvgIpc) is 4.05. The van der Waals surface area contributed by atoms with Crippen molar-refractivity contribution in [3.8, 4) is 17.2 Å². The molecule has 0 radical (unpaired) electrons. The van der Waals surface area contributed by atoms with Crippen molar-refractivity contribution in [2.45, 2.75) is 120 Å². The van der Waals surface area contributed by atoms with Crippen molar-refractivity contribution in [2.75, 3.05) is 20.2 Å². The summed E-state index contributed by atoms with van der Waals surface area (Å²) < 4.78 is 67.2. The number of imidazole rings is 1. The predicted molar refractivity (Wildman–Crippen MR) is 255 cm³/mol. The molecule has 0 spiro atoms. The number of carbonyl (C=O) groups is 1. The lowest BCUT2D eigenvalue weighted by Crippen LogP contribution is -2.41. The maximum absolute atomic E-state index is 16.5. The highest BCUT2D eigenvalue weighted by atomic mass is 32.2. The van der Waals surface area contributed by atoms with Gasteiger partial charge in [-0.3, -0.25) is 23.4 Å². The number of halogens is 2. The van der Waals surface area contributed by atoms with Gasteiger partial charge in [-0.1, -0.05) is 18.1 Å². The van der Waals surface area contributed by atoms with Gasteiger partial charge in [0, 0.05) is 66.3 Å². The minimum Gasteiger partial charge on any atom is -0.376 e. The van der Waals surface area contributed by atoms with Gasteiger partial charge in [0.05, 0.1) is 43.3 Å². The number of aryl methyl sites for hydroxylation is 2. The second-order valence-corrected chi connectivity index (χ2v) is 22.8. The van der Waals surface area contributed by atoms with E-state index in [9.17, 15) is 13.8 Å². The maximum Gasteiger partial charge on any atom is 0.438 e. The van der Waals surface area contributed by atoms with Crippen LogP contribution in [0.5, 0.6) is 0 Å². The van der Waals surface area contributed by atoms with Crippen molar-refractivity contribution in [3.05, 3.63) is 139 Å². The van der Waals surface area contributed by atoms with Crippen LogP contribution in [-0.4, -0.2) is 79.7 Å². The molecule has 11 rings (SSSR count). The number of carbonyl (C=O) groups excluding carboxylic acids is 1. The molecule has 360 valence electrons. The van der Waals surface area contributed by atoms with E-state index in [-0.39, 0.29) is 52.2 Å². The van der Waals surface area contributed by atoms with Crippen LogP contribution in [-0.2, 0) is 26.4 Å². The third-order valence-electron chi connectivity index (χ3n) is 15.3. The molecule has 0 bridgehead atoms. The van der Waals surface area contributed by atoms with E-state index >= 15 is 13.6 Å². The van der Waals surface area contributed by atoms with E-state index in [0.717, 1.165) is 42.1 Å². The summed E-state index contributed by atoms with van der Waals surface area (Å²) in [4.78, 5) is 47.8. The summed E-state index contributed by atoms with van der Waals surface area (Å²) in [5, 5.41) is 9.98. The Bertz CT molecular complexity index is 3520. The van der Waals surface area contributed by atoms with E-state index in [4.69, 9.17) is 14.4 Å². The number of benzene rings is 3. The molecule has 7 aromatic rings. The molecule has 1 N–H and O–H groups in total. The van der Waals surface area contributed by atoms with Gasteiger partial charge in [0.15, 0.2) is 11.6 Å². The van der Waals surface area contributed by atoms with Gasteiger partial charge < -0.3 is 14.2 Å². The van der Waals surface area contributed by atoms with Gasteiger partial charge in [-0.25, -0.2) is 31.6 Å². The number of aromatic nitrogens is 7. The van der Waals surface area contributed by atoms with Crippen molar-refractivity contribution in [2.24, 2.45) is 10.3 Å². The molecule has 5 unspecified atom stereocenters. The Morgan fingerprint density at radius 2 is 1.67 bits per heavy atom. The topological polar surface area (TPSA) is 168 Å². The Hall–Kier alpha value is -6.40. The van der Waals surface area contributed by atoms with Crippen LogP contribution in [0.15, 0.2) is 84.3 Å². The Morgan fingerprint density at radius 1 is 0.942 bits per heavy atom. The fourth-order valence-corrected chi connectivity index (χ4v) is 13.8. The van der Waals surface area contributed by atoms with Crippen LogP contribution in [0.1, 0.15) is 122 Å². The average molecular weight is 960 g/mol. The molecule has 4 aliphatic rings. The van der Waals surface area contributed by atoms with Crippen LogP contribution < -0.4 is 11.4 Å². The Labute approximate surface area is 397 Å². The van der Waals surface area contributed by atoms with Crippen LogP contribution in [0.4, 0.5) is 8.78 Å². The lowest BCUT2D eigenvalue weighted by Gasteiger charge is -2.35. The van der Waals surface area contributed by atoms with Gasteiger partial charge in [0.2, 0.25) is 0 Å². The van der Waals surface area contributed by atoms with E-state index in [1.807, 2.05) is 17.6 Å². The highest BCUT2D eigenvalue weighted by Crippen LogP contribution is 2.56. The largest absolute Gasteiger partial charge is 0.438 e. The third kappa shape index (κ3) is 6.94. The molecule has 4 aromatic heterocycles. The molecule has 15 nitrogen and oxygen atoms in total. The highest BCUT2D eigenvalue weighted by Gasteiger charge is 2.59. The zero-order chi connectivity index (χ0) is 48.6. The van der Waals surface area contributed by atoms with Gasteiger partial charge in [0.25, 0.3) is 5.91 Å². The summed E-state index contributed by atoms with van der Waals surface area (Å²) in [6.07, 6.45) is 7.14. The quantitative estimate of drug-likeness (QED) is 0.150. The van der Waals surface area contributed by atoms with Gasteiger partial charge in [-0.15, -0.1) is 0 Å². The van der Waals surface area contributed by atoms with E-state index in [1.165, 1.54) is 34.6 Å². The summed E-state index contributed by atoms with van der Waals surface area (Å²) >= 11 is 0. The molecule has 3 fully saturated rings. The van der Waals surface area contributed by atoms with Crippen molar-refractivity contribution in [3.63, 3.8) is 0 Å². The van der Waals surface area contributed by atoms with Gasteiger partial charge >= 0.3 is 11.4 Å². The lowest BCUT2D eigenvalue weighted by molar-refractivity contribution is -0.0592. The summed E-state index contributed by atoms with van der Waals surface area (Å²) in [6.45, 7) is 14.0. The molecule has 1 saturated heterocycles. The molecule has 1 amide bonds. The van der Waals surface area contributed by atoms with Crippen molar-refractivity contribution in [1.82, 2.24) is 38.5 Å². The molecule has 69 heavy (non-hydrogen) atoms. The zero-order valence-electron chi connectivity index (χ0n) is 39.9. The van der Waals surface area contributed by atoms with Crippen molar-refractivity contribution >= 4 is 26.5 Å². The second-order valence-electron chi connectivity index (χ2n) is 20.2. The molecular weight excluding hydrogens is 905 g/mol. The van der Waals surface area contributed by atoms with Crippen LogP contribution >= 0.6 is 0 Å². The molecule has 3 aromatic carbocycles. The predicted octanol–water partition coefficient (Wildman–Crippen LogP) is 8.48. The maximum atomic E-state index is 16.5. The first-order chi connectivity index (χ1) is 32.9. The van der Waals surface area contributed by atoms with Crippen LogP contribution in [0, 0.1) is 38.3 Å². The number of hydrogen-bond acceptors (Lipinski definition) is 9. The number of H-pyrrole nitrogens is 1. The first-order valence-corrected chi connectivity index (χ1v) is 25.2. The van der Waals surface area contributed by atoms with Crippen LogP contribution in [0.25, 0.3) is 28.1 Å². The Kier molecular flexibility index (Phi) is 10.3. The fourth-order valence-electron chi connectivity index (χ4n) is 11.4. The molecule has 18 heteroatoms. The molecule has 5 atom stereocenters. The number of aromatic amines is 1. The minimum atomic E-state index is -2.85. The number of fused-ring (bicyclic) bond motifs is 2. The zero-order valence-corrected chi connectivity index (χ0v) is 40.7. The molecule has 2 aliphatic carbocycles. The van der Waals surface area contributed by atoms with Gasteiger partial charge in [-0.05, 0) is 145 Å². The smallest absolute Gasteiger partial charge is 0.376 e. The van der Waals surface area contributed by atoms with E-state index in [2.05, 4.69) is 53.5 Å². The summed E-state index contributed by atoms with van der Waals surface area (Å²) in [5.74, 6) is -1.12. The Balaban J connectivity index is 1.05. The third-order valence-corrected chi connectivity index (χ3v) is 18.2. The Morgan fingerprint density at radius 3 is 2.32 bits per heavy atom. The van der Waals surface area contributed by atoms with E-state index in [1.54, 1.807) is 48.6 Å². The monoisotopic (exact) mass is 959 g/mol. The fraction of sp³-hybridized carbons (Fsp3) is 0.431. The number of nitrogens with zero attached hydrogens (tertiary/aromatic N) is 8. The number of ether oxygens (including phenoxy) is 1. The number of hydrogen-bond donors (Lipinski definition) is 1. The molecule has 2 aliphatic heterocycles. The number of nitrogens with one attached hydrogen (secondary N) is 1. The summed E-state index contributed by atoms with van der Waals surface area (Å²) in [5.41, 5.74) is 3.23. The summed E-state index contributed by atoms with van der Waals surface area (Å²) in [6, 6.07) is 14.0.